The molecule has 0 radical (unpaired) electrons. The number of methoxy groups -OCH3 is 2. The van der Waals surface area contributed by atoms with Gasteiger partial charge in [0.1, 0.15) is 11.5 Å². The second-order valence-electron chi connectivity index (χ2n) is 7.38. The van der Waals surface area contributed by atoms with E-state index in [-0.39, 0.29) is 0 Å². The predicted molar refractivity (Wildman–Crippen MR) is 129 cm³/mol. The SMILES string of the molecule is COc1ccc(N2CCN(SSN3CCN(c4ccc(OC)cc4)CC3)CC2)cc1. The second kappa shape index (κ2) is 10.5. The fourth-order valence-electron chi connectivity index (χ4n) is 3.72. The average molecular weight is 447 g/mol. The van der Waals surface area contributed by atoms with Crippen molar-refractivity contribution in [1.29, 1.82) is 0 Å². The van der Waals surface area contributed by atoms with Crippen LogP contribution in [0.3, 0.4) is 0 Å². The Balaban J connectivity index is 1.16. The molecule has 0 amide bonds. The Morgan fingerprint density at radius 1 is 0.533 bits per heavy atom. The van der Waals surface area contributed by atoms with Crippen LogP contribution in [0.4, 0.5) is 11.4 Å². The summed E-state index contributed by atoms with van der Waals surface area (Å²) in [5, 5.41) is 0. The molecule has 30 heavy (non-hydrogen) atoms. The van der Waals surface area contributed by atoms with Crippen LogP contribution in [0.25, 0.3) is 0 Å². The van der Waals surface area contributed by atoms with Gasteiger partial charge in [0.15, 0.2) is 0 Å². The maximum atomic E-state index is 5.26. The zero-order valence-corrected chi connectivity index (χ0v) is 19.3. The number of anilines is 2. The monoisotopic (exact) mass is 446 g/mol. The fraction of sp³-hybridized carbons (Fsp3) is 0.455. The summed E-state index contributed by atoms with van der Waals surface area (Å²) in [6.07, 6.45) is 0. The van der Waals surface area contributed by atoms with Gasteiger partial charge in [-0.25, -0.2) is 8.61 Å². The summed E-state index contributed by atoms with van der Waals surface area (Å²) in [7, 11) is 7.23. The van der Waals surface area contributed by atoms with Crippen molar-refractivity contribution in [2.75, 3.05) is 76.4 Å². The molecule has 8 heteroatoms. The zero-order valence-electron chi connectivity index (χ0n) is 17.7. The van der Waals surface area contributed by atoms with Crippen LogP contribution < -0.4 is 19.3 Å². The topological polar surface area (TPSA) is 31.4 Å². The number of nitrogens with zero attached hydrogens (tertiary/aromatic N) is 4. The van der Waals surface area contributed by atoms with Crippen molar-refractivity contribution in [3.8, 4) is 11.5 Å². The molecule has 2 saturated heterocycles. The van der Waals surface area contributed by atoms with Gasteiger partial charge in [0.25, 0.3) is 0 Å². The summed E-state index contributed by atoms with van der Waals surface area (Å²) in [6.45, 7) is 8.56. The van der Waals surface area contributed by atoms with E-state index >= 15 is 0 Å². The van der Waals surface area contributed by atoms with E-state index < -0.39 is 0 Å². The third kappa shape index (κ3) is 5.49. The molecule has 0 spiro atoms. The van der Waals surface area contributed by atoms with Gasteiger partial charge in [0.05, 0.1) is 14.2 Å². The Hall–Kier alpha value is -1.74. The van der Waals surface area contributed by atoms with E-state index in [0.29, 0.717) is 0 Å². The summed E-state index contributed by atoms with van der Waals surface area (Å²) in [4.78, 5) is 4.91. The van der Waals surface area contributed by atoms with Gasteiger partial charge in [-0.3, -0.25) is 0 Å². The molecule has 0 N–H and O–H groups in total. The van der Waals surface area contributed by atoms with E-state index in [1.54, 1.807) is 14.2 Å². The molecular formula is C22H30N4O2S2. The molecule has 0 unspecified atom stereocenters. The van der Waals surface area contributed by atoms with Crippen molar-refractivity contribution < 1.29 is 9.47 Å². The first-order chi connectivity index (χ1) is 14.7. The lowest BCUT2D eigenvalue weighted by atomic mass is 10.2. The highest BCUT2D eigenvalue weighted by Crippen LogP contribution is 2.33. The summed E-state index contributed by atoms with van der Waals surface area (Å²) < 4.78 is 15.5. The molecule has 2 aromatic carbocycles. The number of hydrogen-bond donors (Lipinski definition) is 0. The van der Waals surface area contributed by atoms with Gasteiger partial charge in [0, 0.05) is 85.7 Å². The fourth-order valence-corrected chi connectivity index (χ4v) is 6.00. The second-order valence-corrected chi connectivity index (χ2v) is 9.60. The van der Waals surface area contributed by atoms with Crippen molar-refractivity contribution in [3.63, 3.8) is 0 Å². The van der Waals surface area contributed by atoms with Gasteiger partial charge in [-0.2, -0.15) is 0 Å². The summed E-state index contributed by atoms with van der Waals surface area (Å²) >= 11 is 0. The highest BCUT2D eigenvalue weighted by Gasteiger charge is 2.22. The maximum Gasteiger partial charge on any atom is 0.119 e. The Morgan fingerprint density at radius 3 is 1.17 bits per heavy atom. The van der Waals surface area contributed by atoms with E-state index in [1.807, 2.05) is 46.2 Å². The van der Waals surface area contributed by atoms with Gasteiger partial charge in [-0.1, -0.05) is 0 Å². The highest BCUT2D eigenvalue weighted by molar-refractivity contribution is 8.74. The van der Waals surface area contributed by atoms with Gasteiger partial charge in [-0.05, 0) is 48.5 Å². The Bertz CT molecular complexity index is 707. The molecule has 0 bridgehead atoms. The first kappa shape index (κ1) is 21.5. The van der Waals surface area contributed by atoms with Gasteiger partial charge < -0.3 is 19.3 Å². The third-order valence-electron chi connectivity index (χ3n) is 5.60. The van der Waals surface area contributed by atoms with Crippen LogP contribution in [0.15, 0.2) is 48.5 Å². The predicted octanol–water partition coefficient (Wildman–Crippen LogP) is 3.86. The molecule has 0 atom stereocenters. The van der Waals surface area contributed by atoms with Crippen molar-refractivity contribution in [1.82, 2.24) is 8.61 Å². The number of benzene rings is 2. The molecule has 2 heterocycles. The van der Waals surface area contributed by atoms with E-state index in [2.05, 4.69) is 42.7 Å². The van der Waals surface area contributed by atoms with E-state index in [9.17, 15) is 0 Å². The lowest BCUT2D eigenvalue weighted by molar-refractivity contribution is 0.413. The molecule has 2 aliphatic rings. The van der Waals surface area contributed by atoms with E-state index in [0.717, 1.165) is 63.9 Å². The van der Waals surface area contributed by atoms with E-state index in [1.165, 1.54) is 11.4 Å². The van der Waals surface area contributed by atoms with Crippen LogP contribution in [0.1, 0.15) is 0 Å². The van der Waals surface area contributed by atoms with Crippen LogP contribution in [0.2, 0.25) is 0 Å². The molecule has 0 aliphatic carbocycles. The molecule has 6 nitrogen and oxygen atoms in total. The number of rotatable bonds is 7. The molecule has 0 aromatic heterocycles. The first-order valence-corrected chi connectivity index (χ1v) is 12.4. The quantitative estimate of drug-likeness (QED) is 0.468. The molecule has 2 aliphatic heterocycles. The normalized spacial score (nSPS) is 18.5. The zero-order chi connectivity index (χ0) is 20.8. The number of hydrogen-bond acceptors (Lipinski definition) is 8. The van der Waals surface area contributed by atoms with Crippen LogP contribution in [0.5, 0.6) is 11.5 Å². The van der Waals surface area contributed by atoms with E-state index in [4.69, 9.17) is 9.47 Å². The molecular weight excluding hydrogens is 416 g/mol. The Labute approximate surface area is 187 Å². The van der Waals surface area contributed by atoms with Crippen LogP contribution in [-0.4, -0.2) is 75.2 Å². The standard InChI is InChI=1S/C22H30N4O2S2/c1-27-21-7-3-19(4-8-21)23-11-15-25(16-12-23)29-30-26-17-13-24(14-18-26)20-5-9-22(28-2)10-6-20/h3-10H,11-18H2,1-2H3. The minimum atomic E-state index is 0.913. The minimum Gasteiger partial charge on any atom is -0.497 e. The van der Waals surface area contributed by atoms with Crippen molar-refractivity contribution in [2.24, 2.45) is 0 Å². The van der Waals surface area contributed by atoms with Crippen molar-refractivity contribution >= 4 is 33.3 Å². The first-order valence-electron chi connectivity index (χ1n) is 10.4. The van der Waals surface area contributed by atoms with Crippen LogP contribution in [-0.2, 0) is 0 Å². The third-order valence-corrected chi connectivity index (χ3v) is 8.28. The average Bonchev–Trinajstić information content (AvgIpc) is 2.83. The lowest BCUT2D eigenvalue weighted by Gasteiger charge is -2.38. The number of ether oxygens (including phenoxy) is 2. The van der Waals surface area contributed by atoms with Crippen LogP contribution >= 0.6 is 22.0 Å². The largest absolute Gasteiger partial charge is 0.497 e. The molecule has 162 valence electrons. The summed E-state index contributed by atoms with van der Waals surface area (Å²) in [5.74, 6) is 1.83. The smallest absolute Gasteiger partial charge is 0.119 e. The summed E-state index contributed by atoms with van der Waals surface area (Å²) in [5.41, 5.74) is 2.56. The highest BCUT2D eigenvalue weighted by atomic mass is 33.1. The lowest BCUT2D eigenvalue weighted by Crippen LogP contribution is -2.45. The van der Waals surface area contributed by atoms with Crippen molar-refractivity contribution in [2.45, 2.75) is 0 Å². The van der Waals surface area contributed by atoms with Gasteiger partial charge in [0.2, 0.25) is 0 Å². The number of piperazine rings is 2. The van der Waals surface area contributed by atoms with Crippen molar-refractivity contribution in [3.05, 3.63) is 48.5 Å². The maximum absolute atomic E-state index is 5.26. The summed E-state index contributed by atoms with van der Waals surface area (Å²) in [6, 6.07) is 16.8. The van der Waals surface area contributed by atoms with Gasteiger partial charge in [-0.15, -0.1) is 0 Å². The molecule has 2 aromatic rings. The Kier molecular flexibility index (Phi) is 7.54. The minimum absolute atomic E-state index is 0.913. The molecule has 2 fully saturated rings. The Morgan fingerprint density at radius 2 is 0.867 bits per heavy atom. The molecule has 4 rings (SSSR count). The van der Waals surface area contributed by atoms with Crippen LogP contribution in [0, 0.1) is 0 Å². The molecule has 0 saturated carbocycles. The van der Waals surface area contributed by atoms with Gasteiger partial charge >= 0.3 is 0 Å².